The number of aliphatic carboxylic acids is 1. The first-order chi connectivity index (χ1) is 23.7. The predicted molar refractivity (Wildman–Crippen MR) is 212 cm³/mol. The topological polar surface area (TPSA) is 49.3 Å². The Kier molecular flexibility index (Phi) is 33.0. The minimum atomic E-state index is -0.697. The van der Waals surface area contributed by atoms with Crippen molar-refractivity contribution in [1.82, 2.24) is 5.32 Å². The van der Waals surface area contributed by atoms with E-state index in [0.29, 0.717) is 0 Å². The second kappa shape index (κ2) is 35.5. The number of unbranched alkanes of at least 4 members (excludes halogenated alkanes) is 30. The van der Waals surface area contributed by atoms with Crippen LogP contribution in [0.15, 0.2) is 30.3 Å². The zero-order valence-corrected chi connectivity index (χ0v) is 32.4. The van der Waals surface area contributed by atoms with Crippen molar-refractivity contribution < 1.29 is 9.90 Å². The lowest BCUT2D eigenvalue weighted by Crippen LogP contribution is -2.42. The van der Waals surface area contributed by atoms with Gasteiger partial charge in [0.15, 0.2) is 0 Å². The molecular weight excluding hydrogens is 587 g/mol. The van der Waals surface area contributed by atoms with E-state index in [1.165, 1.54) is 198 Å². The zero-order chi connectivity index (χ0) is 34.6. The smallest absolute Gasteiger partial charge is 0.321 e. The van der Waals surface area contributed by atoms with Gasteiger partial charge < -0.3 is 10.4 Å². The van der Waals surface area contributed by atoms with Crippen molar-refractivity contribution in [1.29, 1.82) is 0 Å². The van der Waals surface area contributed by atoms with Crippen LogP contribution in [0.2, 0.25) is 0 Å². The van der Waals surface area contributed by atoms with E-state index in [2.05, 4.69) is 43.4 Å². The molecule has 3 nitrogen and oxygen atoms in total. The van der Waals surface area contributed by atoms with E-state index in [1.54, 1.807) is 0 Å². The summed E-state index contributed by atoms with van der Waals surface area (Å²) in [6.07, 6.45) is 44.6. The molecule has 2 N–H and O–H groups in total. The average molecular weight is 670 g/mol. The van der Waals surface area contributed by atoms with Gasteiger partial charge in [-0.3, -0.25) is 4.79 Å². The lowest BCUT2D eigenvalue weighted by molar-refractivity contribution is -0.140. The Hall–Kier alpha value is -1.35. The molecule has 2 atom stereocenters. The van der Waals surface area contributed by atoms with Crippen LogP contribution in [0.3, 0.4) is 0 Å². The minimum Gasteiger partial charge on any atom is -0.480 e. The van der Waals surface area contributed by atoms with Crippen LogP contribution in [0, 0.1) is 0 Å². The number of carbonyl (C=O) groups is 1. The summed E-state index contributed by atoms with van der Waals surface area (Å²) in [5, 5.41) is 13.7. The maximum Gasteiger partial charge on any atom is 0.321 e. The van der Waals surface area contributed by atoms with Crippen LogP contribution in [0.25, 0.3) is 0 Å². The number of benzene rings is 1. The number of carboxylic acids is 1. The molecule has 0 heterocycles. The highest BCUT2D eigenvalue weighted by molar-refractivity contribution is 5.75. The summed E-state index contributed by atoms with van der Waals surface area (Å²) < 4.78 is 0. The molecule has 48 heavy (non-hydrogen) atoms. The van der Waals surface area contributed by atoms with Gasteiger partial charge in [-0.1, -0.05) is 243 Å². The normalized spacial score (nSPS) is 12.8. The molecule has 280 valence electrons. The third kappa shape index (κ3) is 27.5. The van der Waals surface area contributed by atoms with E-state index in [9.17, 15) is 9.90 Å². The predicted octanol–water partition coefficient (Wildman–Crippen LogP) is 14.7. The van der Waals surface area contributed by atoms with Crippen molar-refractivity contribution in [3.63, 3.8) is 0 Å². The summed E-state index contributed by atoms with van der Waals surface area (Å²) in [6, 6.07) is 9.91. The molecule has 0 spiro atoms. The fraction of sp³-hybridized carbons (Fsp3) is 0.844. The summed E-state index contributed by atoms with van der Waals surface area (Å²) in [6.45, 7) is 5.38. The summed E-state index contributed by atoms with van der Waals surface area (Å²) in [5.74, 6) is -0.659. The van der Waals surface area contributed by atoms with Gasteiger partial charge in [0.2, 0.25) is 0 Å². The lowest BCUT2D eigenvalue weighted by atomic mass is 9.86. The highest BCUT2D eigenvalue weighted by atomic mass is 16.4. The summed E-state index contributed by atoms with van der Waals surface area (Å²) in [5.41, 5.74) is 1.17. The van der Waals surface area contributed by atoms with Gasteiger partial charge in [-0.25, -0.2) is 0 Å². The van der Waals surface area contributed by atoms with Crippen LogP contribution >= 0.6 is 0 Å². The van der Waals surface area contributed by atoms with Gasteiger partial charge in [0.25, 0.3) is 0 Å². The van der Waals surface area contributed by atoms with Gasteiger partial charge in [0, 0.05) is 5.92 Å². The zero-order valence-electron chi connectivity index (χ0n) is 32.4. The monoisotopic (exact) mass is 670 g/mol. The van der Waals surface area contributed by atoms with E-state index >= 15 is 0 Å². The fourth-order valence-electron chi connectivity index (χ4n) is 7.47. The molecule has 0 aliphatic carbocycles. The molecule has 1 rings (SSSR count). The second-order valence-corrected chi connectivity index (χ2v) is 15.2. The SMILES string of the molecule is CCCCCCCCCCCCCCCCCCN[C@H](C(=O)O)C(CCCCCCCCCCCCCCCCCC)c1ccccc1. The van der Waals surface area contributed by atoms with Crippen molar-refractivity contribution >= 4 is 5.97 Å². The van der Waals surface area contributed by atoms with Gasteiger partial charge in [-0.2, -0.15) is 0 Å². The largest absolute Gasteiger partial charge is 0.480 e. The van der Waals surface area contributed by atoms with Gasteiger partial charge in [-0.05, 0) is 24.9 Å². The van der Waals surface area contributed by atoms with Crippen molar-refractivity contribution in [2.24, 2.45) is 0 Å². The third-order valence-corrected chi connectivity index (χ3v) is 10.7. The Morgan fingerprint density at radius 3 is 1.12 bits per heavy atom. The van der Waals surface area contributed by atoms with Gasteiger partial charge >= 0.3 is 5.97 Å². The van der Waals surface area contributed by atoms with Crippen molar-refractivity contribution in [2.75, 3.05) is 6.54 Å². The molecule has 0 radical (unpaired) electrons. The first-order valence-corrected chi connectivity index (χ1v) is 21.7. The summed E-state index contributed by atoms with van der Waals surface area (Å²) >= 11 is 0. The Bertz CT molecular complexity index is 780. The summed E-state index contributed by atoms with van der Waals surface area (Å²) in [7, 11) is 0. The highest BCUT2D eigenvalue weighted by Crippen LogP contribution is 2.27. The third-order valence-electron chi connectivity index (χ3n) is 10.7. The average Bonchev–Trinajstić information content (AvgIpc) is 3.10. The molecule has 0 bridgehead atoms. The van der Waals surface area contributed by atoms with Crippen LogP contribution in [0.4, 0.5) is 0 Å². The van der Waals surface area contributed by atoms with E-state index in [-0.39, 0.29) is 5.92 Å². The standard InChI is InChI=1S/C45H83NO2/c1-3-5-7-9-11-13-15-17-19-21-23-25-27-29-31-36-40-43(42-38-34-33-35-39-42)44(45(47)48)46-41-37-32-30-28-26-24-22-20-18-16-14-12-10-8-6-4-2/h33-35,38-39,43-44,46H,3-32,36-37,40-41H2,1-2H3,(H,47,48)/t43?,44-/m0/s1. The quantitative estimate of drug-likeness (QED) is 0.0689. The number of hydrogen-bond donors (Lipinski definition) is 2. The van der Waals surface area contributed by atoms with E-state index in [1.807, 2.05) is 6.07 Å². The van der Waals surface area contributed by atoms with Crippen molar-refractivity contribution in [3.05, 3.63) is 35.9 Å². The number of hydrogen-bond acceptors (Lipinski definition) is 2. The summed E-state index contributed by atoms with van der Waals surface area (Å²) in [4.78, 5) is 12.4. The molecule has 0 amide bonds. The van der Waals surface area contributed by atoms with Crippen LogP contribution in [0.1, 0.15) is 237 Å². The Morgan fingerprint density at radius 2 is 0.792 bits per heavy atom. The van der Waals surface area contributed by atoms with Crippen LogP contribution < -0.4 is 5.32 Å². The first kappa shape index (κ1) is 44.7. The molecule has 0 saturated carbocycles. The molecule has 0 fully saturated rings. The fourth-order valence-corrected chi connectivity index (χ4v) is 7.47. The molecular formula is C45H83NO2. The lowest BCUT2D eigenvalue weighted by Gasteiger charge is -2.26. The highest BCUT2D eigenvalue weighted by Gasteiger charge is 2.28. The maximum atomic E-state index is 12.4. The molecule has 1 unspecified atom stereocenters. The molecule has 0 saturated heterocycles. The van der Waals surface area contributed by atoms with Crippen LogP contribution in [-0.2, 0) is 4.79 Å². The Balaban J connectivity index is 2.13. The second-order valence-electron chi connectivity index (χ2n) is 15.2. The van der Waals surface area contributed by atoms with Gasteiger partial charge in [-0.15, -0.1) is 0 Å². The number of rotatable bonds is 38. The Morgan fingerprint density at radius 1 is 0.479 bits per heavy atom. The molecule has 0 aromatic heterocycles. The number of nitrogens with one attached hydrogen (secondary N) is 1. The van der Waals surface area contributed by atoms with Crippen molar-refractivity contribution in [3.8, 4) is 0 Å². The molecule has 1 aromatic carbocycles. The molecule has 1 aromatic rings. The van der Waals surface area contributed by atoms with Gasteiger partial charge in [0.1, 0.15) is 6.04 Å². The van der Waals surface area contributed by atoms with Crippen molar-refractivity contribution in [2.45, 2.75) is 238 Å². The first-order valence-electron chi connectivity index (χ1n) is 21.7. The van der Waals surface area contributed by atoms with E-state index in [4.69, 9.17) is 0 Å². The minimum absolute atomic E-state index is 0.0383. The maximum absolute atomic E-state index is 12.4. The molecule has 0 aliphatic heterocycles. The van der Waals surface area contributed by atoms with Gasteiger partial charge in [0.05, 0.1) is 0 Å². The van der Waals surface area contributed by atoms with Crippen LogP contribution in [-0.4, -0.2) is 23.7 Å². The molecule has 3 heteroatoms. The van der Waals surface area contributed by atoms with E-state index in [0.717, 1.165) is 25.8 Å². The molecule has 0 aliphatic rings. The Labute approximate surface area is 300 Å². The van der Waals surface area contributed by atoms with Crippen LogP contribution in [0.5, 0.6) is 0 Å². The number of carboxylic acid groups (broad SMARTS) is 1. The van der Waals surface area contributed by atoms with E-state index < -0.39 is 12.0 Å².